The molecule has 0 aliphatic rings. The number of thiazole rings is 2. The molecule has 1 N–H and O–H groups in total. The zero-order chi connectivity index (χ0) is 16.4. The summed E-state index contributed by atoms with van der Waals surface area (Å²) in [5, 5.41) is 8.44. The molecular formula is C15H14BrN3OS3. The monoisotopic (exact) mass is 427 g/mol. The van der Waals surface area contributed by atoms with Crippen molar-refractivity contribution in [3.8, 4) is 10.6 Å². The number of nitrogens with zero attached hydrogens (tertiary/aromatic N) is 2. The van der Waals surface area contributed by atoms with E-state index in [0.29, 0.717) is 11.0 Å². The van der Waals surface area contributed by atoms with Crippen molar-refractivity contribution in [3.05, 3.63) is 37.4 Å². The van der Waals surface area contributed by atoms with Crippen LogP contribution in [0, 0.1) is 0 Å². The van der Waals surface area contributed by atoms with E-state index in [9.17, 15) is 4.79 Å². The molecule has 0 spiro atoms. The van der Waals surface area contributed by atoms with E-state index < -0.39 is 0 Å². The second kappa shape index (κ2) is 7.21. The lowest BCUT2D eigenvalue weighted by Crippen LogP contribution is -2.14. The van der Waals surface area contributed by atoms with Crippen molar-refractivity contribution in [2.75, 3.05) is 5.32 Å². The average molecular weight is 428 g/mol. The molecular weight excluding hydrogens is 414 g/mol. The fourth-order valence-electron chi connectivity index (χ4n) is 1.89. The van der Waals surface area contributed by atoms with E-state index in [-0.39, 0.29) is 12.3 Å². The van der Waals surface area contributed by atoms with E-state index in [1.807, 2.05) is 22.9 Å². The van der Waals surface area contributed by atoms with Gasteiger partial charge in [-0.15, -0.1) is 34.0 Å². The van der Waals surface area contributed by atoms with E-state index in [4.69, 9.17) is 0 Å². The van der Waals surface area contributed by atoms with Crippen molar-refractivity contribution in [3.63, 3.8) is 0 Å². The zero-order valence-corrected chi connectivity index (χ0v) is 16.5. The molecule has 0 bridgehead atoms. The number of anilines is 1. The van der Waals surface area contributed by atoms with Crippen LogP contribution >= 0.6 is 49.9 Å². The number of amides is 1. The molecule has 0 saturated carbocycles. The molecule has 1 amide bonds. The Morgan fingerprint density at radius 3 is 2.74 bits per heavy atom. The van der Waals surface area contributed by atoms with Gasteiger partial charge in [-0.05, 0) is 28.1 Å². The number of halogens is 1. The van der Waals surface area contributed by atoms with Gasteiger partial charge in [-0.25, -0.2) is 9.97 Å². The zero-order valence-electron chi connectivity index (χ0n) is 12.5. The first-order valence-electron chi connectivity index (χ1n) is 6.96. The molecule has 4 nitrogen and oxygen atoms in total. The molecule has 120 valence electrons. The van der Waals surface area contributed by atoms with Crippen LogP contribution in [0.5, 0.6) is 0 Å². The third kappa shape index (κ3) is 4.26. The first-order chi connectivity index (χ1) is 11.0. The summed E-state index contributed by atoms with van der Waals surface area (Å²) < 4.78 is 1.07. The molecule has 3 aromatic rings. The molecule has 3 aromatic heterocycles. The highest BCUT2D eigenvalue weighted by Crippen LogP contribution is 2.33. The number of thiophene rings is 1. The van der Waals surface area contributed by atoms with E-state index >= 15 is 0 Å². The molecule has 0 radical (unpaired) electrons. The van der Waals surface area contributed by atoms with Crippen molar-refractivity contribution in [1.82, 2.24) is 9.97 Å². The molecule has 0 atom stereocenters. The highest BCUT2D eigenvalue weighted by atomic mass is 79.9. The Balaban J connectivity index is 1.62. The Hall–Kier alpha value is -1.09. The minimum atomic E-state index is -0.0844. The van der Waals surface area contributed by atoms with Crippen molar-refractivity contribution in [1.29, 1.82) is 0 Å². The van der Waals surface area contributed by atoms with Crippen LogP contribution in [0.2, 0.25) is 0 Å². The van der Waals surface area contributed by atoms with E-state index in [2.05, 4.69) is 45.1 Å². The van der Waals surface area contributed by atoms with Gasteiger partial charge in [0.05, 0.1) is 31.5 Å². The third-order valence-corrected chi connectivity index (χ3v) is 6.58. The maximum absolute atomic E-state index is 12.1. The van der Waals surface area contributed by atoms with Gasteiger partial charge in [0.15, 0.2) is 5.13 Å². The predicted molar refractivity (Wildman–Crippen MR) is 102 cm³/mol. The average Bonchev–Trinajstić information content (AvgIpc) is 3.19. The molecule has 8 heteroatoms. The van der Waals surface area contributed by atoms with Crippen LogP contribution in [0.25, 0.3) is 10.6 Å². The van der Waals surface area contributed by atoms with Crippen molar-refractivity contribution in [2.24, 2.45) is 0 Å². The lowest BCUT2D eigenvalue weighted by Gasteiger charge is -2.00. The molecule has 0 aliphatic carbocycles. The minimum absolute atomic E-state index is 0.0844. The first-order valence-corrected chi connectivity index (χ1v) is 10.3. The van der Waals surface area contributed by atoms with Crippen LogP contribution in [0.4, 0.5) is 5.13 Å². The summed E-state index contributed by atoms with van der Waals surface area (Å²) in [6.45, 7) is 4.20. The van der Waals surface area contributed by atoms with Crippen LogP contribution in [-0.4, -0.2) is 15.9 Å². The first kappa shape index (κ1) is 16.8. The summed E-state index contributed by atoms with van der Waals surface area (Å²) >= 11 is 8.10. The second-order valence-electron chi connectivity index (χ2n) is 5.20. The fraction of sp³-hybridized carbons (Fsp3) is 0.267. The van der Waals surface area contributed by atoms with E-state index in [1.165, 1.54) is 11.3 Å². The Labute approximate surface area is 154 Å². The summed E-state index contributed by atoms with van der Waals surface area (Å²) in [4.78, 5) is 22.2. The molecule has 0 saturated heterocycles. The number of nitrogens with one attached hydrogen (secondary N) is 1. The van der Waals surface area contributed by atoms with Gasteiger partial charge in [0.1, 0.15) is 0 Å². The van der Waals surface area contributed by atoms with Gasteiger partial charge in [0.2, 0.25) is 5.91 Å². The topological polar surface area (TPSA) is 54.9 Å². The number of carbonyl (C=O) groups is 1. The minimum Gasteiger partial charge on any atom is -0.302 e. The van der Waals surface area contributed by atoms with Gasteiger partial charge in [-0.3, -0.25) is 4.79 Å². The lowest BCUT2D eigenvalue weighted by molar-refractivity contribution is -0.115. The quantitative estimate of drug-likeness (QED) is 0.593. The van der Waals surface area contributed by atoms with E-state index in [0.717, 1.165) is 25.1 Å². The molecule has 3 rings (SSSR count). The van der Waals surface area contributed by atoms with E-state index in [1.54, 1.807) is 22.7 Å². The van der Waals surface area contributed by atoms with Gasteiger partial charge in [0.25, 0.3) is 0 Å². The lowest BCUT2D eigenvalue weighted by atomic mass is 10.2. The normalized spacial score (nSPS) is 11.1. The molecule has 3 heterocycles. The van der Waals surface area contributed by atoms with Crippen molar-refractivity contribution in [2.45, 2.75) is 26.2 Å². The van der Waals surface area contributed by atoms with Crippen LogP contribution in [-0.2, 0) is 11.2 Å². The number of hydrogen-bond acceptors (Lipinski definition) is 6. The summed E-state index contributed by atoms with van der Waals surface area (Å²) in [7, 11) is 0. The Morgan fingerprint density at radius 2 is 2.09 bits per heavy atom. The van der Waals surface area contributed by atoms with Crippen molar-refractivity contribution < 1.29 is 4.79 Å². The summed E-state index contributed by atoms with van der Waals surface area (Å²) in [5.41, 5.74) is 1.70. The maximum atomic E-state index is 12.1. The third-order valence-electron chi connectivity index (χ3n) is 2.98. The van der Waals surface area contributed by atoms with Crippen LogP contribution < -0.4 is 5.32 Å². The Morgan fingerprint density at radius 1 is 1.26 bits per heavy atom. The highest BCUT2D eigenvalue weighted by Gasteiger charge is 2.12. The summed E-state index contributed by atoms with van der Waals surface area (Å²) in [6.07, 6.45) is 0.280. The fourth-order valence-corrected chi connectivity index (χ4v) is 4.88. The molecule has 0 aromatic carbocycles. The van der Waals surface area contributed by atoms with Gasteiger partial charge in [-0.2, -0.15) is 0 Å². The van der Waals surface area contributed by atoms with Crippen LogP contribution in [0.15, 0.2) is 26.7 Å². The standard InChI is InChI=1S/C15H14BrN3OS3/c1-8(2)14-17-9(6-21-14)5-13(20)19-15-18-10(7-22-15)11-3-4-12(16)23-11/h3-4,6-8H,5H2,1-2H3,(H,18,19,20). The Kier molecular flexibility index (Phi) is 5.25. The smallest absolute Gasteiger partial charge is 0.232 e. The molecule has 0 fully saturated rings. The molecule has 0 unspecified atom stereocenters. The summed E-state index contributed by atoms with van der Waals surface area (Å²) in [5.74, 6) is 0.308. The number of hydrogen-bond donors (Lipinski definition) is 1. The van der Waals surface area contributed by atoms with Gasteiger partial charge in [0, 0.05) is 16.7 Å². The maximum Gasteiger partial charge on any atom is 0.232 e. The highest BCUT2D eigenvalue weighted by molar-refractivity contribution is 9.11. The summed E-state index contributed by atoms with van der Waals surface area (Å²) in [6, 6.07) is 4.00. The van der Waals surface area contributed by atoms with Gasteiger partial charge < -0.3 is 5.32 Å². The second-order valence-corrected chi connectivity index (χ2v) is 9.41. The predicted octanol–water partition coefficient (Wildman–Crippen LogP) is 5.40. The molecule has 23 heavy (non-hydrogen) atoms. The Bertz CT molecular complexity index is 821. The molecule has 0 aliphatic heterocycles. The van der Waals surface area contributed by atoms with Gasteiger partial charge in [-0.1, -0.05) is 13.8 Å². The number of rotatable bonds is 5. The number of aromatic nitrogens is 2. The van der Waals surface area contributed by atoms with Crippen LogP contribution in [0.3, 0.4) is 0 Å². The van der Waals surface area contributed by atoms with Gasteiger partial charge >= 0.3 is 0 Å². The van der Waals surface area contributed by atoms with Crippen molar-refractivity contribution >= 4 is 61.0 Å². The largest absolute Gasteiger partial charge is 0.302 e. The number of carbonyl (C=O) groups excluding carboxylic acids is 1. The SMILES string of the molecule is CC(C)c1nc(CC(=O)Nc2nc(-c3ccc(Br)s3)cs2)cs1. The van der Waals surface area contributed by atoms with Crippen LogP contribution in [0.1, 0.15) is 30.5 Å².